The molecule has 2 N–H and O–H groups in total. The van der Waals surface area contributed by atoms with Crippen LogP contribution in [0, 0.1) is 0 Å². The van der Waals surface area contributed by atoms with Crippen LogP contribution in [0.4, 0.5) is 5.82 Å². The number of benzene rings is 2. The molecular formula is C24H25N3O4. The summed E-state index contributed by atoms with van der Waals surface area (Å²) in [5.74, 6) is -0.768. The van der Waals surface area contributed by atoms with E-state index in [1.54, 1.807) is 10.7 Å². The van der Waals surface area contributed by atoms with Crippen molar-refractivity contribution >= 4 is 17.7 Å². The number of rotatable bonds is 6. The quantitative estimate of drug-likeness (QED) is 0.594. The zero-order valence-electron chi connectivity index (χ0n) is 17.2. The Morgan fingerprint density at radius 3 is 2.32 bits per heavy atom. The van der Waals surface area contributed by atoms with Crippen molar-refractivity contribution in [3.63, 3.8) is 0 Å². The van der Waals surface area contributed by atoms with Gasteiger partial charge in [-0.25, -0.2) is 9.48 Å². The molecule has 0 atom stereocenters. The van der Waals surface area contributed by atoms with Crippen LogP contribution in [-0.4, -0.2) is 39.0 Å². The van der Waals surface area contributed by atoms with Gasteiger partial charge in [-0.3, -0.25) is 4.79 Å². The molecule has 0 radical (unpaired) electrons. The molecular weight excluding hydrogens is 394 g/mol. The van der Waals surface area contributed by atoms with E-state index < -0.39 is 24.1 Å². The van der Waals surface area contributed by atoms with Gasteiger partial charge in [-0.1, -0.05) is 55.0 Å². The average molecular weight is 419 g/mol. The highest BCUT2D eigenvalue weighted by molar-refractivity contribution is 5.93. The number of nitrogens with zero attached hydrogens (tertiary/aromatic N) is 2. The number of carbonyl (C=O) groups excluding carboxylic acids is 2. The third-order valence-electron chi connectivity index (χ3n) is 5.44. The van der Waals surface area contributed by atoms with Gasteiger partial charge in [-0.05, 0) is 37.8 Å². The Morgan fingerprint density at radius 2 is 1.65 bits per heavy atom. The molecule has 1 aromatic heterocycles. The molecule has 0 unspecified atom stereocenters. The van der Waals surface area contributed by atoms with Crippen molar-refractivity contribution < 1.29 is 19.4 Å². The van der Waals surface area contributed by atoms with Crippen LogP contribution in [0.25, 0.3) is 16.9 Å². The zero-order chi connectivity index (χ0) is 21.7. The van der Waals surface area contributed by atoms with Gasteiger partial charge in [0.25, 0.3) is 5.91 Å². The molecule has 1 saturated carbocycles. The van der Waals surface area contributed by atoms with E-state index in [0.29, 0.717) is 24.4 Å². The summed E-state index contributed by atoms with van der Waals surface area (Å²) in [5, 5.41) is 17.9. The molecule has 0 spiro atoms. The van der Waals surface area contributed by atoms with Gasteiger partial charge in [0, 0.05) is 11.6 Å². The van der Waals surface area contributed by atoms with Gasteiger partial charge in [-0.2, -0.15) is 5.10 Å². The van der Waals surface area contributed by atoms with Gasteiger partial charge < -0.3 is 15.2 Å². The fourth-order valence-corrected chi connectivity index (χ4v) is 3.77. The number of ether oxygens (including phenoxy) is 1. The summed E-state index contributed by atoms with van der Waals surface area (Å²) in [5.41, 5.74) is 0.922. The third-order valence-corrected chi connectivity index (χ3v) is 5.44. The van der Waals surface area contributed by atoms with Gasteiger partial charge in [-0.15, -0.1) is 0 Å². The fourth-order valence-electron chi connectivity index (χ4n) is 3.77. The lowest BCUT2D eigenvalue weighted by atomic mass is 9.85. The van der Waals surface area contributed by atoms with E-state index >= 15 is 0 Å². The third kappa shape index (κ3) is 4.83. The second-order valence-corrected chi connectivity index (χ2v) is 7.74. The Kier molecular flexibility index (Phi) is 6.13. The number of para-hydroxylation sites is 1. The molecule has 1 aliphatic rings. The van der Waals surface area contributed by atoms with Crippen molar-refractivity contribution in [2.45, 2.75) is 37.7 Å². The summed E-state index contributed by atoms with van der Waals surface area (Å²) >= 11 is 0. The largest absolute Gasteiger partial charge is 0.453 e. The summed E-state index contributed by atoms with van der Waals surface area (Å²) in [6.07, 6.45) is 3.28. The molecule has 4 rings (SSSR count). The van der Waals surface area contributed by atoms with Crippen LogP contribution in [0.3, 0.4) is 0 Å². The van der Waals surface area contributed by atoms with Crippen LogP contribution in [0.2, 0.25) is 0 Å². The maximum atomic E-state index is 12.5. The summed E-state index contributed by atoms with van der Waals surface area (Å²) < 4.78 is 6.76. The molecule has 160 valence electrons. The standard InChI is InChI=1S/C24H25N3O4/c28-22(17-31-23(29)24(30)14-8-3-9-15-24)25-21-16-20(18-10-4-1-5-11-18)26-27(21)19-12-6-2-7-13-19/h1-2,4-7,10-13,16,30H,3,8-9,14-15,17H2,(H,25,28). The molecule has 1 heterocycles. The number of aromatic nitrogens is 2. The maximum Gasteiger partial charge on any atom is 0.338 e. The number of aliphatic hydroxyl groups is 1. The topological polar surface area (TPSA) is 93.5 Å². The van der Waals surface area contributed by atoms with Crippen LogP contribution in [-0.2, 0) is 14.3 Å². The van der Waals surface area contributed by atoms with Gasteiger partial charge >= 0.3 is 5.97 Å². The predicted octanol–water partition coefficient (Wildman–Crippen LogP) is 3.72. The highest BCUT2D eigenvalue weighted by atomic mass is 16.6. The molecule has 2 aromatic carbocycles. The molecule has 1 fully saturated rings. The van der Waals surface area contributed by atoms with Gasteiger partial charge in [0.2, 0.25) is 0 Å². The number of amides is 1. The van der Waals surface area contributed by atoms with Gasteiger partial charge in [0.1, 0.15) is 5.82 Å². The lowest BCUT2D eigenvalue weighted by molar-refractivity contribution is -0.170. The van der Waals surface area contributed by atoms with Crippen LogP contribution in [0.1, 0.15) is 32.1 Å². The summed E-state index contributed by atoms with van der Waals surface area (Å²) in [7, 11) is 0. The highest BCUT2D eigenvalue weighted by Gasteiger charge is 2.38. The monoisotopic (exact) mass is 419 g/mol. The minimum Gasteiger partial charge on any atom is -0.453 e. The van der Waals surface area contributed by atoms with Gasteiger partial charge in [0.05, 0.1) is 11.4 Å². The summed E-state index contributed by atoms with van der Waals surface area (Å²) in [6.45, 7) is -0.470. The molecule has 0 aliphatic heterocycles. The van der Waals surface area contributed by atoms with Crippen molar-refractivity contribution in [2.75, 3.05) is 11.9 Å². The first kappa shape index (κ1) is 20.8. The van der Waals surface area contributed by atoms with E-state index in [-0.39, 0.29) is 0 Å². The van der Waals surface area contributed by atoms with Gasteiger partial charge in [0.15, 0.2) is 12.2 Å². The Bertz CT molecular complexity index is 1040. The van der Waals surface area contributed by atoms with E-state index in [9.17, 15) is 14.7 Å². The van der Waals surface area contributed by atoms with E-state index in [4.69, 9.17) is 4.74 Å². The SMILES string of the molecule is O=C(COC(=O)C1(O)CCCCC1)Nc1cc(-c2ccccc2)nn1-c1ccccc1. The van der Waals surface area contributed by atoms with E-state index in [1.807, 2.05) is 60.7 Å². The average Bonchev–Trinajstić information content (AvgIpc) is 3.23. The fraction of sp³-hybridized carbons (Fsp3) is 0.292. The first-order chi connectivity index (χ1) is 15.0. The molecule has 1 amide bonds. The highest BCUT2D eigenvalue weighted by Crippen LogP contribution is 2.29. The first-order valence-electron chi connectivity index (χ1n) is 10.5. The molecule has 0 saturated heterocycles. The Labute approximate surface area is 180 Å². The molecule has 3 aromatic rings. The first-order valence-corrected chi connectivity index (χ1v) is 10.5. The van der Waals surface area contributed by atoms with Crippen LogP contribution >= 0.6 is 0 Å². The lowest BCUT2D eigenvalue weighted by Crippen LogP contribution is -2.42. The molecule has 1 aliphatic carbocycles. The van der Waals surface area contributed by atoms with E-state index in [2.05, 4.69) is 10.4 Å². The molecule has 31 heavy (non-hydrogen) atoms. The number of anilines is 1. The molecule has 7 heteroatoms. The Balaban J connectivity index is 1.49. The van der Waals surface area contributed by atoms with E-state index in [1.165, 1.54) is 0 Å². The Hall–Kier alpha value is -3.45. The summed E-state index contributed by atoms with van der Waals surface area (Å²) in [4.78, 5) is 24.8. The second kappa shape index (κ2) is 9.14. The van der Waals surface area contributed by atoms with Crippen molar-refractivity contribution in [1.29, 1.82) is 0 Å². The van der Waals surface area contributed by atoms with Crippen LogP contribution < -0.4 is 5.32 Å². The Morgan fingerprint density at radius 1 is 1.00 bits per heavy atom. The summed E-state index contributed by atoms with van der Waals surface area (Å²) in [6, 6.07) is 20.9. The zero-order valence-corrected chi connectivity index (χ0v) is 17.2. The normalized spacial score (nSPS) is 15.3. The maximum absolute atomic E-state index is 12.5. The van der Waals surface area contributed by atoms with Crippen LogP contribution in [0.15, 0.2) is 66.7 Å². The number of hydrogen-bond donors (Lipinski definition) is 2. The second-order valence-electron chi connectivity index (χ2n) is 7.74. The minimum absolute atomic E-state index is 0.370. The smallest absolute Gasteiger partial charge is 0.338 e. The lowest BCUT2D eigenvalue weighted by Gasteiger charge is -2.29. The van der Waals surface area contributed by atoms with Crippen molar-refractivity contribution in [3.8, 4) is 16.9 Å². The van der Waals surface area contributed by atoms with Crippen LogP contribution in [0.5, 0.6) is 0 Å². The number of esters is 1. The predicted molar refractivity (Wildman–Crippen MR) is 117 cm³/mol. The van der Waals surface area contributed by atoms with Crippen molar-refractivity contribution in [2.24, 2.45) is 0 Å². The molecule has 0 bridgehead atoms. The number of carbonyl (C=O) groups is 2. The van der Waals surface area contributed by atoms with Crippen molar-refractivity contribution in [3.05, 3.63) is 66.7 Å². The number of hydrogen-bond acceptors (Lipinski definition) is 5. The number of nitrogens with one attached hydrogen (secondary N) is 1. The van der Waals surface area contributed by atoms with E-state index in [0.717, 1.165) is 30.5 Å². The minimum atomic E-state index is -1.48. The van der Waals surface area contributed by atoms with Crippen molar-refractivity contribution in [1.82, 2.24) is 9.78 Å². The molecule has 7 nitrogen and oxygen atoms in total.